The quantitative estimate of drug-likeness (QED) is 0.306. The van der Waals surface area contributed by atoms with E-state index >= 15 is 0 Å². The van der Waals surface area contributed by atoms with Gasteiger partial charge in [-0.25, -0.2) is 4.79 Å². The van der Waals surface area contributed by atoms with E-state index in [-0.39, 0.29) is 31.1 Å². The lowest BCUT2D eigenvalue weighted by atomic mass is 9.64. The highest BCUT2D eigenvalue weighted by molar-refractivity contribution is 6.20. The van der Waals surface area contributed by atoms with Gasteiger partial charge in [-0.05, 0) is 52.2 Å². The van der Waals surface area contributed by atoms with E-state index in [1.807, 2.05) is 4.90 Å². The Labute approximate surface area is 196 Å². The zero-order valence-electron chi connectivity index (χ0n) is 19.6. The van der Waals surface area contributed by atoms with Crippen molar-refractivity contribution in [2.24, 2.45) is 11.3 Å². The number of esters is 1. The molecule has 3 aliphatic heterocycles. The summed E-state index contributed by atoms with van der Waals surface area (Å²) in [6, 6.07) is 2.86. The van der Waals surface area contributed by atoms with Crippen molar-refractivity contribution in [3.05, 3.63) is 33.9 Å². The fourth-order valence-electron chi connectivity index (χ4n) is 5.43. The molecule has 0 aromatic heterocycles. The highest BCUT2D eigenvalue weighted by Gasteiger charge is 2.64. The summed E-state index contributed by atoms with van der Waals surface area (Å²) in [4.78, 5) is 66.6. The summed E-state index contributed by atoms with van der Waals surface area (Å²) in [5.74, 6) is -2.32. The summed E-state index contributed by atoms with van der Waals surface area (Å²) in [5.41, 5.74) is -1.64. The molecule has 0 radical (unpaired) electrons. The minimum atomic E-state index is -1.73. The Hall–Kier alpha value is -3.50. The first-order chi connectivity index (χ1) is 15.9. The maximum atomic E-state index is 14.0. The summed E-state index contributed by atoms with van der Waals surface area (Å²) in [5, 5.41) is 13.8. The SMILES string of the molecule is CCOC(=O)[C@H]1CCN2c3ccc([N+](=O)[O-])cc3C[C@]3(C(=O)NC(=O)N(C(C)(C)C)C3=O)[C@@H]2C1. The first-order valence-electron chi connectivity index (χ1n) is 11.3. The minimum Gasteiger partial charge on any atom is -0.466 e. The summed E-state index contributed by atoms with van der Waals surface area (Å²) in [7, 11) is 0. The fourth-order valence-corrected chi connectivity index (χ4v) is 5.43. The number of ether oxygens (including phenoxy) is 1. The second-order valence-electron chi connectivity index (χ2n) is 9.97. The van der Waals surface area contributed by atoms with E-state index in [9.17, 15) is 29.3 Å². The number of urea groups is 1. The van der Waals surface area contributed by atoms with Crippen LogP contribution in [-0.2, 0) is 25.5 Å². The van der Waals surface area contributed by atoms with Crippen molar-refractivity contribution in [3.8, 4) is 0 Å². The number of hydrogen-bond donors (Lipinski definition) is 1. The summed E-state index contributed by atoms with van der Waals surface area (Å²) < 4.78 is 5.21. The predicted molar refractivity (Wildman–Crippen MR) is 120 cm³/mol. The Balaban J connectivity index is 1.88. The van der Waals surface area contributed by atoms with Gasteiger partial charge in [0.25, 0.3) is 5.69 Å². The van der Waals surface area contributed by atoms with Crippen LogP contribution in [0.4, 0.5) is 16.2 Å². The zero-order valence-corrected chi connectivity index (χ0v) is 19.6. The highest BCUT2D eigenvalue weighted by atomic mass is 16.6. The highest BCUT2D eigenvalue weighted by Crippen LogP contribution is 2.50. The van der Waals surface area contributed by atoms with Crippen molar-refractivity contribution >= 4 is 35.2 Å². The topological polar surface area (TPSA) is 139 Å². The van der Waals surface area contributed by atoms with E-state index in [1.54, 1.807) is 33.8 Å². The van der Waals surface area contributed by atoms with Crippen molar-refractivity contribution in [1.82, 2.24) is 10.2 Å². The van der Waals surface area contributed by atoms with Gasteiger partial charge in [-0.1, -0.05) is 0 Å². The van der Waals surface area contributed by atoms with Gasteiger partial charge in [-0.15, -0.1) is 0 Å². The molecule has 0 bridgehead atoms. The van der Waals surface area contributed by atoms with Gasteiger partial charge in [0, 0.05) is 36.3 Å². The Morgan fingerprint density at radius 1 is 1.29 bits per heavy atom. The number of barbiturate groups is 1. The molecule has 1 aromatic carbocycles. The largest absolute Gasteiger partial charge is 0.466 e. The number of nitro benzene ring substituents is 1. The number of piperidine rings is 1. The first-order valence-corrected chi connectivity index (χ1v) is 11.3. The molecule has 3 aliphatic rings. The molecule has 11 heteroatoms. The van der Waals surface area contributed by atoms with Crippen molar-refractivity contribution in [2.75, 3.05) is 18.1 Å². The molecule has 4 amide bonds. The molecule has 1 N–H and O–H groups in total. The Morgan fingerprint density at radius 3 is 2.62 bits per heavy atom. The molecule has 4 rings (SSSR count). The number of benzene rings is 1. The molecule has 0 unspecified atom stereocenters. The average molecular weight is 472 g/mol. The number of nitrogens with zero attached hydrogens (tertiary/aromatic N) is 3. The van der Waals surface area contributed by atoms with Gasteiger partial charge in [-0.2, -0.15) is 0 Å². The van der Waals surface area contributed by atoms with Crippen LogP contribution in [0.15, 0.2) is 18.2 Å². The molecule has 0 aliphatic carbocycles. The number of fused-ring (bicyclic) bond motifs is 4. The molecule has 182 valence electrons. The van der Waals surface area contributed by atoms with E-state index in [0.717, 1.165) is 4.90 Å². The van der Waals surface area contributed by atoms with Crippen LogP contribution in [-0.4, -0.2) is 58.4 Å². The zero-order chi connectivity index (χ0) is 25.0. The molecule has 1 aromatic rings. The summed E-state index contributed by atoms with van der Waals surface area (Å²) in [6.45, 7) is 7.35. The predicted octanol–water partition coefficient (Wildman–Crippen LogP) is 2.16. The van der Waals surface area contributed by atoms with Crippen molar-refractivity contribution < 1.29 is 28.8 Å². The molecule has 1 spiro atoms. The number of nitrogens with one attached hydrogen (secondary N) is 1. The molecule has 3 heterocycles. The second kappa shape index (κ2) is 8.07. The Morgan fingerprint density at radius 2 is 2.00 bits per heavy atom. The lowest BCUT2D eigenvalue weighted by molar-refractivity contribution is -0.384. The first kappa shape index (κ1) is 23.7. The van der Waals surface area contributed by atoms with Crippen molar-refractivity contribution in [1.29, 1.82) is 0 Å². The van der Waals surface area contributed by atoms with Crippen LogP contribution in [0.25, 0.3) is 0 Å². The number of hydrogen-bond acceptors (Lipinski definition) is 8. The Bertz CT molecular complexity index is 1100. The van der Waals surface area contributed by atoms with Gasteiger partial charge in [0.2, 0.25) is 11.8 Å². The van der Waals surface area contributed by atoms with Crippen LogP contribution in [0.5, 0.6) is 0 Å². The molecule has 2 saturated heterocycles. The van der Waals surface area contributed by atoms with E-state index < -0.39 is 45.7 Å². The molecule has 2 fully saturated rings. The number of anilines is 1. The van der Waals surface area contributed by atoms with Crippen molar-refractivity contribution in [3.63, 3.8) is 0 Å². The van der Waals surface area contributed by atoms with Gasteiger partial charge in [0.1, 0.15) is 0 Å². The van der Waals surface area contributed by atoms with Crippen LogP contribution in [0.1, 0.15) is 46.1 Å². The Kier molecular flexibility index (Phi) is 5.61. The lowest BCUT2D eigenvalue weighted by Crippen LogP contribution is -2.75. The molecule has 34 heavy (non-hydrogen) atoms. The van der Waals surface area contributed by atoms with Gasteiger partial charge in [0.05, 0.1) is 23.5 Å². The molecule has 3 atom stereocenters. The van der Waals surface area contributed by atoms with E-state index in [0.29, 0.717) is 24.2 Å². The molecular weight excluding hydrogens is 444 g/mol. The van der Waals surface area contributed by atoms with Gasteiger partial charge in [-0.3, -0.25) is 34.7 Å². The van der Waals surface area contributed by atoms with Crippen LogP contribution in [0.3, 0.4) is 0 Å². The van der Waals surface area contributed by atoms with E-state index in [2.05, 4.69) is 5.32 Å². The fraction of sp³-hybridized carbons (Fsp3) is 0.565. The minimum absolute atomic E-state index is 0.120. The van der Waals surface area contributed by atoms with Crippen molar-refractivity contribution in [2.45, 2.75) is 58.5 Å². The van der Waals surface area contributed by atoms with Crippen LogP contribution in [0.2, 0.25) is 0 Å². The number of rotatable bonds is 3. The summed E-state index contributed by atoms with van der Waals surface area (Å²) in [6.07, 6.45) is 0.505. The smallest absolute Gasteiger partial charge is 0.331 e. The van der Waals surface area contributed by atoms with Crippen LogP contribution >= 0.6 is 0 Å². The van der Waals surface area contributed by atoms with Gasteiger partial charge < -0.3 is 9.64 Å². The monoisotopic (exact) mass is 472 g/mol. The maximum Gasteiger partial charge on any atom is 0.331 e. The molecule has 0 saturated carbocycles. The lowest BCUT2D eigenvalue weighted by Gasteiger charge is -2.55. The number of amides is 4. The third kappa shape index (κ3) is 3.50. The van der Waals surface area contributed by atoms with E-state index in [4.69, 9.17) is 4.74 Å². The third-order valence-electron chi connectivity index (χ3n) is 6.93. The summed E-state index contributed by atoms with van der Waals surface area (Å²) >= 11 is 0. The maximum absolute atomic E-state index is 14.0. The van der Waals surface area contributed by atoms with Crippen LogP contribution < -0.4 is 10.2 Å². The normalized spacial score (nSPS) is 26.6. The van der Waals surface area contributed by atoms with E-state index in [1.165, 1.54) is 12.1 Å². The third-order valence-corrected chi connectivity index (χ3v) is 6.93. The number of carbonyl (C=O) groups is 4. The standard InChI is InChI=1S/C23H28N4O7/c1-5-34-18(28)13-8-9-25-16-7-6-15(27(32)33)10-14(16)12-23(17(25)11-13)19(29)24-21(31)26(20(23)30)22(2,3)4/h6-7,10,13,17H,5,8-9,11-12H2,1-4H3,(H,24,29,31)/t13-,17-,23+/m0/s1. The molecule has 11 nitrogen and oxygen atoms in total. The van der Waals surface area contributed by atoms with Crippen LogP contribution in [0, 0.1) is 21.4 Å². The second-order valence-corrected chi connectivity index (χ2v) is 9.97. The van der Waals surface area contributed by atoms with Gasteiger partial charge in [0.15, 0.2) is 5.41 Å². The van der Waals surface area contributed by atoms with Gasteiger partial charge >= 0.3 is 12.0 Å². The average Bonchev–Trinajstić information content (AvgIpc) is 2.75. The number of non-ortho nitro benzene ring substituents is 1. The number of nitro groups is 1. The number of carbonyl (C=O) groups excluding carboxylic acids is 4. The number of imide groups is 2. The molecular formula is C23H28N4O7.